The van der Waals surface area contributed by atoms with Crippen LogP contribution in [-0.2, 0) is 12.7 Å². The molecule has 4 rings (SSSR count). The van der Waals surface area contributed by atoms with E-state index in [-0.39, 0.29) is 28.3 Å². The van der Waals surface area contributed by atoms with E-state index in [9.17, 15) is 13.2 Å². The molecule has 1 aromatic heterocycles. The first kappa shape index (κ1) is 30.5. The molecular formula is C28H24Cl2F4N4O2S. The lowest BCUT2D eigenvalue weighted by Gasteiger charge is -2.25. The number of methoxy groups -OCH3 is 2. The number of nitrogens with zero attached hydrogens (tertiary/aromatic N) is 3. The fraction of sp³-hybridized carbons (Fsp3) is 0.214. The van der Waals surface area contributed by atoms with Crippen molar-refractivity contribution in [3.8, 4) is 11.5 Å². The van der Waals surface area contributed by atoms with Crippen molar-refractivity contribution in [3.63, 3.8) is 0 Å². The van der Waals surface area contributed by atoms with Crippen molar-refractivity contribution < 1.29 is 27.0 Å². The number of anilines is 2. The third-order valence-electron chi connectivity index (χ3n) is 5.93. The van der Waals surface area contributed by atoms with Gasteiger partial charge in [0.05, 0.1) is 42.4 Å². The van der Waals surface area contributed by atoms with Crippen LogP contribution < -0.4 is 19.1 Å². The first-order valence-corrected chi connectivity index (χ1v) is 13.6. The maximum Gasteiger partial charge on any atom is 0.451 e. The van der Waals surface area contributed by atoms with E-state index in [2.05, 4.69) is 15.3 Å². The maximum atomic E-state index is 15.5. The van der Waals surface area contributed by atoms with Gasteiger partial charge in [-0.1, -0.05) is 41.4 Å². The second kappa shape index (κ2) is 13.1. The van der Waals surface area contributed by atoms with Gasteiger partial charge < -0.3 is 14.8 Å². The summed E-state index contributed by atoms with van der Waals surface area (Å²) in [5.74, 6) is -1.12. The molecule has 0 bridgehead atoms. The molecule has 1 heterocycles. The second-order valence-electron chi connectivity index (χ2n) is 8.69. The van der Waals surface area contributed by atoms with Crippen LogP contribution in [-0.4, -0.2) is 24.2 Å². The summed E-state index contributed by atoms with van der Waals surface area (Å²) in [7, 11) is 2.95. The van der Waals surface area contributed by atoms with Gasteiger partial charge >= 0.3 is 6.18 Å². The molecule has 3 aromatic carbocycles. The van der Waals surface area contributed by atoms with Crippen molar-refractivity contribution in [1.82, 2.24) is 9.97 Å². The van der Waals surface area contributed by atoms with Gasteiger partial charge in [-0.05, 0) is 60.8 Å². The summed E-state index contributed by atoms with van der Waals surface area (Å²) in [6.07, 6.45) is -3.78. The zero-order chi connectivity index (χ0) is 29.7. The Kier molecular flexibility index (Phi) is 9.72. The Morgan fingerprint density at radius 3 is 2.44 bits per heavy atom. The summed E-state index contributed by atoms with van der Waals surface area (Å²) in [6.45, 7) is 1.85. The normalized spacial score (nSPS) is 12.1. The van der Waals surface area contributed by atoms with Crippen molar-refractivity contribution in [1.29, 1.82) is 0 Å². The molecule has 0 radical (unpaired) electrons. The molecule has 0 unspecified atom stereocenters. The van der Waals surface area contributed by atoms with Gasteiger partial charge in [-0.2, -0.15) is 13.2 Å². The van der Waals surface area contributed by atoms with E-state index in [4.69, 9.17) is 32.7 Å². The molecule has 0 fully saturated rings. The quantitative estimate of drug-likeness (QED) is 0.139. The third-order valence-corrected chi connectivity index (χ3v) is 7.64. The molecule has 0 saturated heterocycles. The van der Waals surface area contributed by atoms with Crippen LogP contribution >= 0.6 is 35.1 Å². The Labute approximate surface area is 248 Å². The number of alkyl halides is 3. The first-order chi connectivity index (χ1) is 19.5. The van der Waals surface area contributed by atoms with Gasteiger partial charge in [-0.3, -0.25) is 4.31 Å². The zero-order valence-corrected chi connectivity index (χ0v) is 24.3. The molecule has 0 aliphatic heterocycles. The lowest BCUT2D eigenvalue weighted by atomic mass is 10.1. The minimum atomic E-state index is -4.77. The molecule has 41 heavy (non-hydrogen) atoms. The maximum absolute atomic E-state index is 15.5. The molecule has 0 amide bonds. The Bertz CT molecular complexity index is 1530. The average molecular weight is 627 g/mol. The summed E-state index contributed by atoms with van der Waals surface area (Å²) in [6, 6.07) is 15.9. The van der Waals surface area contributed by atoms with E-state index in [1.54, 1.807) is 30.3 Å². The second-order valence-corrected chi connectivity index (χ2v) is 10.6. The van der Waals surface area contributed by atoms with Gasteiger partial charge in [0.2, 0.25) is 5.82 Å². The van der Waals surface area contributed by atoms with E-state index in [0.29, 0.717) is 27.8 Å². The fourth-order valence-corrected chi connectivity index (χ4v) is 5.42. The van der Waals surface area contributed by atoms with Gasteiger partial charge in [0.1, 0.15) is 23.1 Å². The lowest BCUT2D eigenvalue weighted by molar-refractivity contribution is -0.144. The van der Waals surface area contributed by atoms with E-state index in [1.807, 2.05) is 19.1 Å². The molecule has 1 N–H and O–H groups in total. The molecule has 0 aliphatic carbocycles. The van der Waals surface area contributed by atoms with E-state index in [0.717, 1.165) is 23.7 Å². The molecule has 6 nitrogen and oxygen atoms in total. The minimum absolute atomic E-state index is 0.00720. The summed E-state index contributed by atoms with van der Waals surface area (Å²) in [5, 5.41) is 3.90. The highest BCUT2D eigenvalue weighted by Gasteiger charge is 2.35. The van der Waals surface area contributed by atoms with Crippen LogP contribution in [0.2, 0.25) is 10.0 Å². The molecule has 0 aliphatic rings. The van der Waals surface area contributed by atoms with Gasteiger partial charge in [-0.25, -0.2) is 14.4 Å². The SMILES string of the molecule is COc1ccc(CN(Sc2cc(Cl)c(N[C@@H](C)c3ccccc3Cl)cc2F)c2ccnc(C(F)(F)F)n2)c(OC)c1. The van der Waals surface area contributed by atoms with Crippen molar-refractivity contribution in [2.75, 3.05) is 23.8 Å². The Hall–Kier alpha value is -3.41. The number of nitrogens with one attached hydrogen (secondary N) is 1. The Morgan fingerprint density at radius 2 is 1.76 bits per heavy atom. The number of benzene rings is 3. The van der Waals surface area contributed by atoms with Crippen molar-refractivity contribution >= 4 is 46.7 Å². The molecule has 216 valence electrons. The third kappa shape index (κ3) is 7.46. The zero-order valence-electron chi connectivity index (χ0n) is 22.0. The van der Waals surface area contributed by atoms with Crippen molar-refractivity contribution in [2.24, 2.45) is 0 Å². The van der Waals surface area contributed by atoms with Crippen LogP contribution in [0.15, 0.2) is 71.8 Å². The van der Waals surface area contributed by atoms with Gasteiger partial charge in [-0.15, -0.1) is 0 Å². The Morgan fingerprint density at radius 1 is 1.00 bits per heavy atom. The minimum Gasteiger partial charge on any atom is -0.497 e. The Balaban J connectivity index is 1.68. The standard InChI is InChI=1S/C28H24Cl2F4N4O2S/c1-16(19-6-4-5-7-20(19)29)36-23-14-22(31)25(13-21(23)30)41-38(26-10-11-35-27(37-26)28(32,33)34)15-17-8-9-18(39-2)12-24(17)40-3/h4-14,16,36H,15H2,1-3H3/t16-/m0/s1. The smallest absolute Gasteiger partial charge is 0.451 e. The number of aromatic nitrogens is 2. The number of halogens is 6. The van der Waals surface area contributed by atoms with Crippen LogP contribution in [0, 0.1) is 5.82 Å². The van der Waals surface area contributed by atoms with Gasteiger partial charge in [0, 0.05) is 22.8 Å². The number of ether oxygens (including phenoxy) is 2. The van der Waals surface area contributed by atoms with Crippen molar-refractivity contribution in [3.05, 3.63) is 99.7 Å². The van der Waals surface area contributed by atoms with Crippen LogP contribution in [0.4, 0.5) is 29.1 Å². The van der Waals surface area contributed by atoms with E-state index >= 15 is 4.39 Å². The molecule has 0 saturated carbocycles. The summed E-state index contributed by atoms with van der Waals surface area (Å²) >= 11 is 13.6. The number of rotatable bonds is 10. The predicted octanol–water partition coefficient (Wildman–Crippen LogP) is 8.85. The monoisotopic (exact) mass is 626 g/mol. The summed E-state index contributed by atoms with van der Waals surface area (Å²) in [5.41, 5.74) is 1.71. The van der Waals surface area contributed by atoms with Crippen LogP contribution in [0.1, 0.15) is 29.9 Å². The lowest BCUT2D eigenvalue weighted by Crippen LogP contribution is -2.19. The first-order valence-electron chi connectivity index (χ1n) is 12.1. The number of hydrogen-bond acceptors (Lipinski definition) is 7. The predicted molar refractivity (Wildman–Crippen MR) is 154 cm³/mol. The number of hydrogen-bond donors (Lipinski definition) is 1. The van der Waals surface area contributed by atoms with Crippen LogP contribution in [0.5, 0.6) is 11.5 Å². The van der Waals surface area contributed by atoms with Gasteiger partial charge in [0.25, 0.3) is 0 Å². The highest BCUT2D eigenvalue weighted by Crippen LogP contribution is 2.39. The fourth-order valence-electron chi connectivity index (χ4n) is 3.89. The van der Waals surface area contributed by atoms with Crippen molar-refractivity contribution in [2.45, 2.75) is 30.6 Å². The summed E-state index contributed by atoms with van der Waals surface area (Å²) in [4.78, 5) is 7.10. The molecule has 1 atom stereocenters. The van der Waals surface area contributed by atoms with E-state index < -0.39 is 17.8 Å². The highest BCUT2D eigenvalue weighted by atomic mass is 35.5. The molecule has 4 aromatic rings. The van der Waals surface area contributed by atoms with Crippen LogP contribution in [0.3, 0.4) is 0 Å². The topological polar surface area (TPSA) is 59.5 Å². The molecule has 13 heteroatoms. The highest BCUT2D eigenvalue weighted by molar-refractivity contribution is 8.00. The van der Waals surface area contributed by atoms with Crippen LogP contribution in [0.25, 0.3) is 0 Å². The van der Waals surface area contributed by atoms with E-state index in [1.165, 1.54) is 36.7 Å². The van der Waals surface area contributed by atoms with Gasteiger partial charge in [0.15, 0.2) is 0 Å². The molecular weight excluding hydrogens is 603 g/mol. The largest absolute Gasteiger partial charge is 0.497 e. The summed E-state index contributed by atoms with van der Waals surface area (Å²) < 4.78 is 67.8. The average Bonchev–Trinajstić information content (AvgIpc) is 2.95. The molecule has 0 spiro atoms.